The molecule has 3 rings (SSSR count). The highest BCUT2D eigenvalue weighted by atomic mass is 35.5. The Labute approximate surface area is 159 Å². The van der Waals surface area contributed by atoms with Crippen LogP contribution in [-0.2, 0) is 4.79 Å². The lowest BCUT2D eigenvalue weighted by atomic mass is 9.97. The van der Waals surface area contributed by atoms with Gasteiger partial charge in [-0.2, -0.15) is 0 Å². The normalized spacial score (nSPS) is 16.3. The SMILES string of the molecule is Cl.Nc1ccccc1NC(=O)C1CCCN(C(=O)Nc2ccccc2)C1. The lowest BCUT2D eigenvalue weighted by molar-refractivity contribution is -0.121. The number of urea groups is 1. The highest BCUT2D eigenvalue weighted by Gasteiger charge is 2.28. The molecule has 0 saturated carbocycles. The second kappa shape index (κ2) is 9.10. The van der Waals surface area contributed by atoms with Gasteiger partial charge in [-0.15, -0.1) is 12.4 Å². The Morgan fingerprint density at radius 2 is 1.69 bits per heavy atom. The van der Waals surface area contributed by atoms with Crippen LogP contribution in [0.25, 0.3) is 0 Å². The molecule has 6 nitrogen and oxygen atoms in total. The van der Waals surface area contributed by atoms with E-state index >= 15 is 0 Å². The summed E-state index contributed by atoms with van der Waals surface area (Å²) in [5.41, 5.74) is 7.76. The molecule has 138 valence electrons. The first-order valence-corrected chi connectivity index (χ1v) is 8.40. The standard InChI is InChI=1S/C19H22N4O2.ClH/c20-16-10-4-5-11-17(16)22-18(24)14-7-6-12-23(13-14)19(25)21-15-8-2-1-3-9-15;/h1-5,8-11,14H,6-7,12-13,20H2,(H,21,25)(H,22,24);1H. The molecule has 1 aliphatic rings. The number of likely N-dealkylation sites (tertiary alicyclic amines) is 1. The molecule has 1 heterocycles. The van der Waals surface area contributed by atoms with E-state index < -0.39 is 0 Å². The molecule has 0 aromatic heterocycles. The van der Waals surface area contributed by atoms with Crippen LogP contribution >= 0.6 is 12.4 Å². The Morgan fingerprint density at radius 1 is 1.00 bits per heavy atom. The van der Waals surface area contributed by atoms with Gasteiger partial charge in [-0.25, -0.2) is 4.79 Å². The van der Waals surface area contributed by atoms with Crippen LogP contribution in [0.4, 0.5) is 21.9 Å². The Balaban J connectivity index is 0.00000243. The quantitative estimate of drug-likeness (QED) is 0.717. The number of nitrogens with zero attached hydrogens (tertiary/aromatic N) is 1. The molecule has 0 bridgehead atoms. The first kappa shape index (κ1) is 19.6. The lowest BCUT2D eigenvalue weighted by Crippen LogP contribution is -2.45. The van der Waals surface area contributed by atoms with E-state index in [0.717, 1.165) is 18.5 Å². The fourth-order valence-electron chi connectivity index (χ4n) is 2.95. The van der Waals surface area contributed by atoms with Gasteiger partial charge < -0.3 is 21.3 Å². The predicted molar refractivity (Wildman–Crippen MR) is 106 cm³/mol. The van der Waals surface area contributed by atoms with E-state index in [1.807, 2.05) is 42.5 Å². The molecule has 1 saturated heterocycles. The number of hydrogen-bond donors (Lipinski definition) is 3. The number of nitrogens with one attached hydrogen (secondary N) is 2. The summed E-state index contributed by atoms with van der Waals surface area (Å²) >= 11 is 0. The van der Waals surface area contributed by atoms with Gasteiger partial charge in [0.2, 0.25) is 5.91 Å². The van der Waals surface area contributed by atoms with E-state index in [4.69, 9.17) is 5.73 Å². The van der Waals surface area contributed by atoms with Crippen LogP contribution in [0, 0.1) is 5.92 Å². The number of halogens is 1. The Morgan fingerprint density at radius 3 is 2.42 bits per heavy atom. The molecule has 4 N–H and O–H groups in total. The first-order valence-electron chi connectivity index (χ1n) is 8.40. The average Bonchev–Trinajstić information content (AvgIpc) is 2.64. The van der Waals surface area contributed by atoms with E-state index in [0.29, 0.717) is 24.5 Å². The summed E-state index contributed by atoms with van der Waals surface area (Å²) in [5.74, 6) is -0.343. The maximum absolute atomic E-state index is 12.5. The molecule has 1 unspecified atom stereocenters. The minimum atomic E-state index is -0.241. The molecule has 0 radical (unpaired) electrons. The monoisotopic (exact) mass is 374 g/mol. The summed E-state index contributed by atoms with van der Waals surface area (Å²) in [6.45, 7) is 1.05. The number of amides is 3. The van der Waals surface area contributed by atoms with Crippen molar-refractivity contribution in [1.82, 2.24) is 4.90 Å². The number of benzene rings is 2. The Bertz CT molecular complexity index is 754. The average molecular weight is 375 g/mol. The Kier molecular flexibility index (Phi) is 6.86. The third-order valence-corrected chi connectivity index (χ3v) is 4.32. The fourth-order valence-corrected chi connectivity index (χ4v) is 2.95. The highest BCUT2D eigenvalue weighted by molar-refractivity contribution is 5.96. The van der Waals surface area contributed by atoms with Crippen LogP contribution in [0.5, 0.6) is 0 Å². The van der Waals surface area contributed by atoms with Crippen molar-refractivity contribution in [2.45, 2.75) is 12.8 Å². The molecule has 1 atom stereocenters. The minimum Gasteiger partial charge on any atom is -0.397 e. The van der Waals surface area contributed by atoms with Gasteiger partial charge in [0, 0.05) is 18.8 Å². The number of anilines is 3. The number of nitrogens with two attached hydrogens (primary N) is 1. The number of carbonyl (C=O) groups excluding carboxylic acids is 2. The number of para-hydroxylation sites is 3. The maximum atomic E-state index is 12.5. The summed E-state index contributed by atoms with van der Waals surface area (Å²) in [7, 11) is 0. The van der Waals surface area contributed by atoms with Crippen molar-refractivity contribution in [3.05, 3.63) is 54.6 Å². The van der Waals surface area contributed by atoms with Crippen LogP contribution in [0.2, 0.25) is 0 Å². The zero-order valence-electron chi connectivity index (χ0n) is 14.4. The number of piperidine rings is 1. The van der Waals surface area contributed by atoms with Crippen LogP contribution in [0.3, 0.4) is 0 Å². The van der Waals surface area contributed by atoms with E-state index in [1.165, 1.54) is 0 Å². The fraction of sp³-hybridized carbons (Fsp3) is 0.263. The molecule has 0 spiro atoms. The molecule has 7 heteroatoms. The summed E-state index contributed by atoms with van der Waals surface area (Å²) in [4.78, 5) is 26.6. The molecule has 2 aromatic carbocycles. The zero-order chi connectivity index (χ0) is 17.6. The van der Waals surface area contributed by atoms with Crippen molar-refractivity contribution in [2.75, 3.05) is 29.5 Å². The van der Waals surface area contributed by atoms with Gasteiger partial charge in [0.05, 0.1) is 17.3 Å². The van der Waals surface area contributed by atoms with Crippen LogP contribution in [-0.4, -0.2) is 29.9 Å². The summed E-state index contributed by atoms with van der Waals surface area (Å²) in [5, 5.41) is 5.73. The van der Waals surface area contributed by atoms with E-state index in [-0.39, 0.29) is 30.3 Å². The summed E-state index contributed by atoms with van der Waals surface area (Å²) < 4.78 is 0. The van der Waals surface area contributed by atoms with Crippen molar-refractivity contribution >= 4 is 41.4 Å². The second-order valence-corrected chi connectivity index (χ2v) is 6.16. The van der Waals surface area contributed by atoms with E-state index in [2.05, 4.69) is 10.6 Å². The number of rotatable bonds is 3. The molecule has 2 aromatic rings. The van der Waals surface area contributed by atoms with E-state index in [1.54, 1.807) is 17.0 Å². The van der Waals surface area contributed by atoms with Crippen molar-refractivity contribution in [3.8, 4) is 0 Å². The minimum absolute atomic E-state index is 0. The van der Waals surface area contributed by atoms with Crippen molar-refractivity contribution in [1.29, 1.82) is 0 Å². The molecule has 0 aliphatic carbocycles. The topological polar surface area (TPSA) is 87.5 Å². The zero-order valence-corrected chi connectivity index (χ0v) is 15.2. The van der Waals surface area contributed by atoms with Gasteiger partial charge in [0.15, 0.2) is 0 Å². The van der Waals surface area contributed by atoms with Crippen LogP contribution in [0.15, 0.2) is 54.6 Å². The van der Waals surface area contributed by atoms with Crippen molar-refractivity contribution < 1.29 is 9.59 Å². The number of carbonyl (C=O) groups is 2. The highest BCUT2D eigenvalue weighted by Crippen LogP contribution is 2.22. The molecule has 26 heavy (non-hydrogen) atoms. The molecular formula is C19H23ClN4O2. The van der Waals surface area contributed by atoms with E-state index in [9.17, 15) is 9.59 Å². The third-order valence-electron chi connectivity index (χ3n) is 4.32. The number of nitrogen functional groups attached to an aromatic ring is 1. The lowest BCUT2D eigenvalue weighted by Gasteiger charge is -2.32. The van der Waals surface area contributed by atoms with Gasteiger partial charge in [-0.05, 0) is 37.1 Å². The first-order chi connectivity index (χ1) is 12.1. The van der Waals surface area contributed by atoms with Crippen molar-refractivity contribution in [2.24, 2.45) is 5.92 Å². The molecule has 1 fully saturated rings. The maximum Gasteiger partial charge on any atom is 0.321 e. The van der Waals surface area contributed by atoms with Crippen molar-refractivity contribution in [3.63, 3.8) is 0 Å². The Hall–Kier alpha value is -2.73. The summed E-state index contributed by atoms with van der Waals surface area (Å²) in [6, 6.07) is 16.3. The van der Waals surface area contributed by atoms with Crippen LogP contribution < -0.4 is 16.4 Å². The van der Waals surface area contributed by atoms with Gasteiger partial charge in [-0.3, -0.25) is 4.79 Å². The van der Waals surface area contributed by atoms with Gasteiger partial charge in [0.25, 0.3) is 0 Å². The third kappa shape index (κ3) is 4.89. The molecule has 1 aliphatic heterocycles. The van der Waals surface area contributed by atoms with Gasteiger partial charge in [0.1, 0.15) is 0 Å². The summed E-state index contributed by atoms with van der Waals surface area (Å²) in [6.07, 6.45) is 1.55. The largest absolute Gasteiger partial charge is 0.397 e. The molecular weight excluding hydrogens is 352 g/mol. The number of hydrogen-bond acceptors (Lipinski definition) is 3. The van der Waals surface area contributed by atoms with Gasteiger partial charge in [-0.1, -0.05) is 30.3 Å². The second-order valence-electron chi connectivity index (χ2n) is 6.16. The smallest absolute Gasteiger partial charge is 0.321 e. The predicted octanol–water partition coefficient (Wildman–Crippen LogP) is 3.57. The van der Waals surface area contributed by atoms with Gasteiger partial charge >= 0.3 is 6.03 Å². The van der Waals surface area contributed by atoms with Crippen LogP contribution in [0.1, 0.15) is 12.8 Å². The molecule has 3 amide bonds.